The van der Waals surface area contributed by atoms with Crippen LogP contribution in [0.25, 0.3) is 10.9 Å². The minimum Gasteiger partial charge on any atom is -0.351 e. The van der Waals surface area contributed by atoms with Crippen LogP contribution in [0.4, 0.5) is 0 Å². The summed E-state index contributed by atoms with van der Waals surface area (Å²) in [6, 6.07) is 3.65. The van der Waals surface area contributed by atoms with Gasteiger partial charge in [-0.2, -0.15) is 5.10 Å². The predicted molar refractivity (Wildman–Crippen MR) is 108 cm³/mol. The standard InChI is InChI=1S/C20H29N3O3S/c1-15-17(20(24)21-11-12-27(2,25)26)9-10-19-18(15)14-23(22-19)13-16-7-5-3-4-6-8-16/h9-10,14,16H,3-8,11-13H2,1-2H3,(H,21,24). The van der Waals surface area contributed by atoms with Crippen LogP contribution in [0.5, 0.6) is 0 Å². The average molecular weight is 392 g/mol. The Morgan fingerprint density at radius 2 is 1.93 bits per heavy atom. The second-order valence-corrected chi connectivity index (χ2v) is 10.0. The highest BCUT2D eigenvalue weighted by Crippen LogP contribution is 2.26. The minimum atomic E-state index is -3.09. The van der Waals surface area contributed by atoms with Gasteiger partial charge in [0.2, 0.25) is 0 Å². The van der Waals surface area contributed by atoms with Crippen LogP contribution in [-0.2, 0) is 16.4 Å². The summed E-state index contributed by atoms with van der Waals surface area (Å²) < 4.78 is 24.5. The number of hydrogen-bond acceptors (Lipinski definition) is 4. The third-order valence-corrected chi connectivity index (χ3v) is 6.37. The number of carbonyl (C=O) groups excluding carboxylic acids is 1. The molecule has 1 aliphatic carbocycles. The third kappa shape index (κ3) is 5.31. The van der Waals surface area contributed by atoms with Gasteiger partial charge in [0.1, 0.15) is 9.84 Å². The lowest BCUT2D eigenvalue weighted by Gasteiger charge is -2.13. The topological polar surface area (TPSA) is 81.1 Å². The first-order chi connectivity index (χ1) is 12.8. The summed E-state index contributed by atoms with van der Waals surface area (Å²) in [6.07, 6.45) is 11.0. The molecule has 0 bridgehead atoms. The van der Waals surface area contributed by atoms with Crippen LogP contribution in [0.2, 0.25) is 0 Å². The van der Waals surface area contributed by atoms with Crippen molar-refractivity contribution in [1.82, 2.24) is 15.1 Å². The molecule has 1 N–H and O–H groups in total. The van der Waals surface area contributed by atoms with Gasteiger partial charge in [-0.3, -0.25) is 9.48 Å². The Morgan fingerprint density at radius 1 is 1.22 bits per heavy atom. The smallest absolute Gasteiger partial charge is 0.251 e. The van der Waals surface area contributed by atoms with Crippen LogP contribution >= 0.6 is 0 Å². The fourth-order valence-corrected chi connectivity index (χ4v) is 4.35. The second kappa shape index (κ2) is 8.42. The fraction of sp³-hybridized carbons (Fsp3) is 0.600. The predicted octanol–water partition coefficient (Wildman–Crippen LogP) is 3.09. The molecule has 0 aliphatic heterocycles. The molecule has 0 spiro atoms. The number of nitrogens with one attached hydrogen (secondary N) is 1. The van der Waals surface area contributed by atoms with E-state index in [1.54, 1.807) is 6.07 Å². The van der Waals surface area contributed by atoms with Crippen molar-refractivity contribution in [3.05, 3.63) is 29.5 Å². The molecule has 2 aromatic rings. The van der Waals surface area contributed by atoms with Crippen molar-refractivity contribution < 1.29 is 13.2 Å². The van der Waals surface area contributed by atoms with Gasteiger partial charge in [0, 0.05) is 36.5 Å². The average Bonchev–Trinajstić information content (AvgIpc) is 2.82. The summed E-state index contributed by atoms with van der Waals surface area (Å²) in [5.41, 5.74) is 2.36. The van der Waals surface area contributed by atoms with Gasteiger partial charge in [0.05, 0.1) is 11.3 Å². The highest BCUT2D eigenvalue weighted by Gasteiger charge is 2.16. The minimum absolute atomic E-state index is 0.0562. The molecule has 1 amide bonds. The quantitative estimate of drug-likeness (QED) is 0.767. The van der Waals surface area contributed by atoms with E-state index in [9.17, 15) is 13.2 Å². The molecule has 0 radical (unpaired) electrons. The number of rotatable bonds is 6. The highest BCUT2D eigenvalue weighted by atomic mass is 32.2. The molecule has 1 saturated carbocycles. The van der Waals surface area contributed by atoms with E-state index in [0.29, 0.717) is 11.5 Å². The molecule has 1 aliphatic rings. The van der Waals surface area contributed by atoms with Crippen molar-refractivity contribution in [3.8, 4) is 0 Å². The van der Waals surface area contributed by atoms with Crippen molar-refractivity contribution >= 4 is 26.6 Å². The Kier molecular flexibility index (Phi) is 6.19. The molecule has 0 unspecified atom stereocenters. The van der Waals surface area contributed by atoms with E-state index in [4.69, 9.17) is 5.10 Å². The first-order valence-electron chi connectivity index (χ1n) is 9.76. The van der Waals surface area contributed by atoms with Gasteiger partial charge in [0.15, 0.2) is 0 Å². The number of aromatic nitrogens is 2. The number of hydrogen-bond donors (Lipinski definition) is 1. The Morgan fingerprint density at radius 3 is 2.59 bits per heavy atom. The number of aryl methyl sites for hydroxylation is 1. The lowest BCUT2D eigenvalue weighted by Crippen LogP contribution is -2.29. The maximum atomic E-state index is 12.4. The van der Waals surface area contributed by atoms with Crippen LogP contribution < -0.4 is 5.32 Å². The highest BCUT2D eigenvalue weighted by molar-refractivity contribution is 7.90. The molecule has 148 valence electrons. The molecule has 1 aromatic heterocycles. The Balaban J connectivity index is 1.73. The van der Waals surface area contributed by atoms with Crippen LogP contribution in [0, 0.1) is 12.8 Å². The third-order valence-electron chi connectivity index (χ3n) is 5.43. The zero-order valence-electron chi connectivity index (χ0n) is 16.2. The van der Waals surface area contributed by atoms with Crippen molar-refractivity contribution in [3.63, 3.8) is 0 Å². The number of fused-ring (bicyclic) bond motifs is 1. The maximum absolute atomic E-state index is 12.4. The Bertz CT molecular complexity index is 910. The van der Waals surface area contributed by atoms with Crippen LogP contribution in [0.3, 0.4) is 0 Å². The number of benzene rings is 1. The number of nitrogens with zero attached hydrogens (tertiary/aromatic N) is 2. The molecule has 27 heavy (non-hydrogen) atoms. The summed E-state index contributed by atoms with van der Waals surface area (Å²) in [5, 5.41) is 8.38. The zero-order valence-corrected chi connectivity index (χ0v) is 17.0. The Hall–Kier alpha value is -1.89. The van der Waals surface area contributed by atoms with Crippen LogP contribution in [0.1, 0.15) is 54.4 Å². The van der Waals surface area contributed by atoms with Gasteiger partial charge >= 0.3 is 0 Å². The molecular formula is C20H29N3O3S. The number of carbonyl (C=O) groups is 1. The molecule has 1 aromatic carbocycles. The lowest BCUT2D eigenvalue weighted by molar-refractivity contribution is 0.0955. The molecule has 3 rings (SSSR count). The SMILES string of the molecule is Cc1c(C(=O)NCCS(C)(=O)=O)ccc2nn(CC3CCCCCC3)cc12. The first kappa shape index (κ1) is 19.9. The van der Waals surface area contributed by atoms with E-state index < -0.39 is 9.84 Å². The second-order valence-electron chi connectivity index (χ2n) is 7.77. The normalized spacial score (nSPS) is 16.4. The van der Waals surface area contributed by atoms with E-state index in [1.807, 2.05) is 23.9 Å². The van der Waals surface area contributed by atoms with Gasteiger partial charge in [0.25, 0.3) is 5.91 Å². The van der Waals surface area contributed by atoms with Crippen LogP contribution in [-0.4, -0.2) is 42.7 Å². The summed E-state index contributed by atoms with van der Waals surface area (Å²) in [4.78, 5) is 12.4. The number of amides is 1. The Labute approximate surface area is 161 Å². The summed E-state index contributed by atoms with van der Waals surface area (Å²) >= 11 is 0. The van der Waals surface area contributed by atoms with Gasteiger partial charge in [-0.25, -0.2) is 8.42 Å². The number of sulfone groups is 1. The molecule has 1 fully saturated rings. The maximum Gasteiger partial charge on any atom is 0.251 e. The molecule has 7 heteroatoms. The van der Waals surface area contributed by atoms with E-state index in [0.717, 1.165) is 23.0 Å². The van der Waals surface area contributed by atoms with E-state index >= 15 is 0 Å². The fourth-order valence-electron chi connectivity index (χ4n) is 3.88. The van der Waals surface area contributed by atoms with Crippen LogP contribution in [0.15, 0.2) is 18.3 Å². The van der Waals surface area contributed by atoms with Gasteiger partial charge in [-0.05, 0) is 43.4 Å². The largest absolute Gasteiger partial charge is 0.351 e. The molecule has 0 saturated heterocycles. The van der Waals surface area contributed by atoms with Crippen molar-refractivity contribution in [1.29, 1.82) is 0 Å². The van der Waals surface area contributed by atoms with Gasteiger partial charge in [-0.15, -0.1) is 0 Å². The van der Waals surface area contributed by atoms with E-state index in [2.05, 4.69) is 5.32 Å². The molecule has 6 nitrogen and oxygen atoms in total. The van der Waals surface area contributed by atoms with E-state index in [-0.39, 0.29) is 18.2 Å². The van der Waals surface area contributed by atoms with E-state index in [1.165, 1.54) is 44.8 Å². The first-order valence-corrected chi connectivity index (χ1v) is 11.8. The van der Waals surface area contributed by atoms with Gasteiger partial charge < -0.3 is 5.32 Å². The monoisotopic (exact) mass is 391 g/mol. The summed E-state index contributed by atoms with van der Waals surface area (Å²) in [6.45, 7) is 2.98. The van der Waals surface area contributed by atoms with Crippen molar-refractivity contribution in [2.75, 3.05) is 18.6 Å². The van der Waals surface area contributed by atoms with Gasteiger partial charge in [-0.1, -0.05) is 25.7 Å². The van der Waals surface area contributed by atoms with Crippen molar-refractivity contribution in [2.45, 2.75) is 52.0 Å². The zero-order chi connectivity index (χ0) is 19.4. The summed E-state index contributed by atoms with van der Waals surface area (Å²) in [5.74, 6) is 0.384. The molecule has 1 heterocycles. The summed E-state index contributed by atoms with van der Waals surface area (Å²) in [7, 11) is -3.09. The molecular weight excluding hydrogens is 362 g/mol. The molecule has 0 atom stereocenters. The van der Waals surface area contributed by atoms with Crippen molar-refractivity contribution in [2.24, 2.45) is 5.92 Å². The lowest BCUT2D eigenvalue weighted by atomic mass is 10.0.